The molecular weight excluding hydrogens is 245 g/mol. The molecule has 0 aliphatic heterocycles. The molecule has 19 heavy (non-hydrogen) atoms. The van der Waals surface area contributed by atoms with Crippen molar-refractivity contribution in [2.75, 3.05) is 19.7 Å². The quantitative estimate of drug-likeness (QED) is 0.555. The number of benzene rings is 1. The second-order valence-electron chi connectivity index (χ2n) is 4.14. The highest BCUT2D eigenvalue weighted by Gasteiger charge is 2.05. The highest BCUT2D eigenvalue weighted by Crippen LogP contribution is 2.07. The Balaban J connectivity index is 2.11. The van der Waals surface area contributed by atoms with Crippen molar-refractivity contribution in [1.29, 1.82) is 0 Å². The van der Waals surface area contributed by atoms with Gasteiger partial charge in [-0.25, -0.2) is 4.39 Å². The molecule has 0 fully saturated rings. The number of hydrogen-bond acceptors (Lipinski definition) is 3. The first kappa shape index (κ1) is 15.6. The van der Waals surface area contributed by atoms with Gasteiger partial charge in [0.25, 0.3) is 0 Å². The van der Waals surface area contributed by atoms with Crippen LogP contribution in [-0.4, -0.2) is 30.9 Å². The lowest BCUT2D eigenvalue weighted by molar-refractivity contribution is 0.0280. The minimum absolute atomic E-state index is 0.172. The zero-order valence-electron chi connectivity index (χ0n) is 11.2. The second-order valence-corrected chi connectivity index (χ2v) is 4.14. The maximum atomic E-state index is 13.3. The van der Waals surface area contributed by atoms with Crippen LogP contribution in [0.3, 0.4) is 0 Å². The van der Waals surface area contributed by atoms with Crippen LogP contribution >= 0.6 is 0 Å². The fraction of sp³-hybridized carbons (Fsp3) is 0.467. The molecule has 0 aliphatic carbocycles. The number of ether oxygens (including phenoxy) is 1. The molecule has 0 spiro atoms. The largest absolute Gasteiger partial charge is 0.389 e. The average Bonchev–Trinajstić information content (AvgIpc) is 2.41. The van der Waals surface area contributed by atoms with Crippen LogP contribution in [-0.2, 0) is 11.3 Å². The van der Waals surface area contributed by atoms with Crippen molar-refractivity contribution < 1.29 is 14.2 Å². The smallest absolute Gasteiger partial charge is 0.128 e. The summed E-state index contributed by atoms with van der Waals surface area (Å²) in [6.45, 7) is 3.34. The molecule has 0 heterocycles. The van der Waals surface area contributed by atoms with E-state index in [1.165, 1.54) is 6.07 Å². The second kappa shape index (κ2) is 9.51. The molecule has 0 aliphatic rings. The third-order valence-corrected chi connectivity index (χ3v) is 2.51. The maximum Gasteiger partial charge on any atom is 0.128 e. The van der Waals surface area contributed by atoms with Crippen molar-refractivity contribution in [3.63, 3.8) is 0 Å². The Bertz CT molecular complexity index is 426. The average molecular weight is 265 g/mol. The molecule has 1 aromatic carbocycles. The fourth-order valence-electron chi connectivity index (χ4n) is 1.52. The minimum atomic E-state index is -0.596. The Morgan fingerprint density at radius 1 is 1.42 bits per heavy atom. The van der Waals surface area contributed by atoms with Crippen LogP contribution in [0.4, 0.5) is 4.39 Å². The van der Waals surface area contributed by atoms with E-state index in [2.05, 4.69) is 17.2 Å². The lowest BCUT2D eigenvalue weighted by atomic mass is 10.2. The van der Waals surface area contributed by atoms with Gasteiger partial charge in [0.05, 0.1) is 19.3 Å². The molecule has 3 nitrogen and oxygen atoms in total. The van der Waals surface area contributed by atoms with E-state index in [1.54, 1.807) is 25.1 Å². The van der Waals surface area contributed by atoms with Crippen molar-refractivity contribution in [3.8, 4) is 11.8 Å². The number of aliphatic hydroxyl groups excluding tert-OH is 1. The van der Waals surface area contributed by atoms with Gasteiger partial charge in [-0.05, 0) is 13.0 Å². The molecule has 2 N–H and O–H groups in total. The normalized spacial score (nSPS) is 11.7. The zero-order valence-corrected chi connectivity index (χ0v) is 11.2. The van der Waals surface area contributed by atoms with Crippen LogP contribution in [0.2, 0.25) is 0 Å². The molecular formula is C15H20FNO2. The van der Waals surface area contributed by atoms with E-state index >= 15 is 0 Å². The number of nitrogens with one attached hydrogen (secondary N) is 1. The predicted octanol–water partition coefficient (Wildman–Crippen LogP) is 1.71. The van der Waals surface area contributed by atoms with Crippen LogP contribution in [0.1, 0.15) is 18.9 Å². The van der Waals surface area contributed by atoms with Gasteiger partial charge in [-0.3, -0.25) is 0 Å². The Morgan fingerprint density at radius 2 is 2.21 bits per heavy atom. The Hall–Kier alpha value is -1.41. The monoisotopic (exact) mass is 265 g/mol. The molecule has 0 amide bonds. The molecule has 1 rings (SSSR count). The Kier molecular flexibility index (Phi) is 7.83. The number of hydrogen-bond donors (Lipinski definition) is 2. The van der Waals surface area contributed by atoms with Crippen molar-refractivity contribution in [2.24, 2.45) is 0 Å². The van der Waals surface area contributed by atoms with Gasteiger partial charge in [0.1, 0.15) is 5.82 Å². The SMILES string of the molecule is CC#CCCNCC(O)COCc1ccccc1F. The summed E-state index contributed by atoms with van der Waals surface area (Å²) in [5, 5.41) is 12.7. The van der Waals surface area contributed by atoms with Gasteiger partial charge in [0.15, 0.2) is 0 Å². The summed E-state index contributed by atoms with van der Waals surface area (Å²) in [6, 6.07) is 6.46. The van der Waals surface area contributed by atoms with Crippen molar-refractivity contribution in [3.05, 3.63) is 35.6 Å². The van der Waals surface area contributed by atoms with Gasteiger partial charge in [-0.15, -0.1) is 11.8 Å². The lowest BCUT2D eigenvalue weighted by Gasteiger charge is -2.12. The highest BCUT2D eigenvalue weighted by molar-refractivity contribution is 5.16. The van der Waals surface area contributed by atoms with E-state index in [0.717, 1.165) is 13.0 Å². The van der Waals surface area contributed by atoms with Gasteiger partial charge in [0.2, 0.25) is 0 Å². The van der Waals surface area contributed by atoms with E-state index < -0.39 is 6.10 Å². The van der Waals surface area contributed by atoms with Crippen LogP contribution in [0.25, 0.3) is 0 Å². The molecule has 0 saturated carbocycles. The summed E-state index contributed by atoms with van der Waals surface area (Å²) in [6.07, 6.45) is 0.167. The van der Waals surface area contributed by atoms with E-state index in [9.17, 15) is 9.50 Å². The van der Waals surface area contributed by atoms with Crippen LogP contribution in [0, 0.1) is 17.7 Å². The summed E-state index contributed by atoms with van der Waals surface area (Å²) in [7, 11) is 0. The minimum Gasteiger partial charge on any atom is -0.389 e. The first-order chi connectivity index (χ1) is 9.24. The third kappa shape index (κ3) is 6.92. The van der Waals surface area contributed by atoms with E-state index in [0.29, 0.717) is 12.1 Å². The summed E-state index contributed by atoms with van der Waals surface area (Å²) >= 11 is 0. The van der Waals surface area contributed by atoms with Crippen molar-refractivity contribution in [1.82, 2.24) is 5.32 Å². The summed E-state index contributed by atoms with van der Waals surface area (Å²) < 4.78 is 18.5. The molecule has 1 aromatic rings. The zero-order chi connectivity index (χ0) is 13.9. The predicted molar refractivity (Wildman–Crippen MR) is 73.0 cm³/mol. The van der Waals surface area contributed by atoms with Gasteiger partial charge < -0.3 is 15.2 Å². The van der Waals surface area contributed by atoms with Gasteiger partial charge in [0, 0.05) is 25.1 Å². The molecule has 0 bridgehead atoms. The summed E-state index contributed by atoms with van der Waals surface area (Å²) in [5.41, 5.74) is 0.501. The molecule has 0 radical (unpaired) electrons. The molecule has 1 unspecified atom stereocenters. The van der Waals surface area contributed by atoms with Crippen LogP contribution in [0.5, 0.6) is 0 Å². The molecule has 1 atom stereocenters. The topological polar surface area (TPSA) is 41.5 Å². The van der Waals surface area contributed by atoms with E-state index in [-0.39, 0.29) is 19.0 Å². The number of halogens is 1. The molecule has 104 valence electrons. The summed E-state index contributed by atoms with van der Waals surface area (Å²) in [5.74, 6) is 5.44. The number of rotatable bonds is 8. The van der Waals surface area contributed by atoms with Crippen molar-refractivity contribution >= 4 is 0 Å². The molecule has 4 heteroatoms. The summed E-state index contributed by atoms with van der Waals surface area (Å²) in [4.78, 5) is 0. The first-order valence-corrected chi connectivity index (χ1v) is 6.33. The fourth-order valence-corrected chi connectivity index (χ4v) is 1.52. The van der Waals surface area contributed by atoms with E-state index in [1.807, 2.05) is 0 Å². The lowest BCUT2D eigenvalue weighted by Crippen LogP contribution is -2.30. The molecule has 0 saturated heterocycles. The first-order valence-electron chi connectivity index (χ1n) is 6.33. The van der Waals surface area contributed by atoms with Crippen molar-refractivity contribution in [2.45, 2.75) is 26.1 Å². The standard InChI is InChI=1S/C15H20FNO2/c1-2-3-6-9-17-10-14(18)12-19-11-13-7-4-5-8-15(13)16/h4-5,7-8,14,17-18H,6,9-12H2,1H3. The van der Waals surface area contributed by atoms with Gasteiger partial charge in [-0.2, -0.15) is 0 Å². The Labute approximate surface area is 113 Å². The van der Waals surface area contributed by atoms with Gasteiger partial charge in [-0.1, -0.05) is 18.2 Å². The van der Waals surface area contributed by atoms with Gasteiger partial charge >= 0.3 is 0 Å². The highest BCUT2D eigenvalue weighted by atomic mass is 19.1. The maximum absolute atomic E-state index is 13.3. The third-order valence-electron chi connectivity index (χ3n) is 2.51. The molecule has 0 aromatic heterocycles. The van der Waals surface area contributed by atoms with E-state index in [4.69, 9.17) is 4.74 Å². The number of aliphatic hydroxyl groups is 1. The Morgan fingerprint density at radius 3 is 2.95 bits per heavy atom. The van der Waals surface area contributed by atoms with Crippen LogP contribution in [0.15, 0.2) is 24.3 Å². The van der Waals surface area contributed by atoms with Crippen LogP contribution < -0.4 is 5.32 Å².